The fourth-order valence-corrected chi connectivity index (χ4v) is 5.54. The highest BCUT2D eigenvalue weighted by Crippen LogP contribution is 2.30. The highest BCUT2D eigenvalue weighted by Gasteiger charge is 2.17. The third-order valence-electron chi connectivity index (χ3n) is 5.49. The fourth-order valence-electron chi connectivity index (χ4n) is 3.62. The summed E-state index contributed by atoms with van der Waals surface area (Å²) in [4.78, 5) is 14.1. The van der Waals surface area contributed by atoms with E-state index in [2.05, 4.69) is 15.6 Å². The van der Waals surface area contributed by atoms with Crippen LogP contribution in [0.5, 0.6) is 0 Å². The average molecular weight is 516 g/mol. The van der Waals surface area contributed by atoms with E-state index in [4.69, 9.17) is 5.73 Å². The van der Waals surface area contributed by atoms with Gasteiger partial charge in [-0.1, -0.05) is 47.7 Å². The zero-order valence-electron chi connectivity index (χ0n) is 18.9. The smallest absolute Gasteiger partial charge is 0.255 e. The van der Waals surface area contributed by atoms with Gasteiger partial charge in [-0.25, -0.2) is 13.1 Å². The number of aromatic nitrogens is 3. The van der Waals surface area contributed by atoms with Gasteiger partial charge in [-0.2, -0.15) is 0 Å². The number of nitrogens with one attached hydrogen (secondary N) is 1. The Bertz CT molecular complexity index is 1610. The van der Waals surface area contributed by atoms with E-state index in [1.165, 1.54) is 4.68 Å². The summed E-state index contributed by atoms with van der Waals surface area (Å²) in [7, 11) is -3.55. The van der Waals surface area contributed by atoms with Crippen LogP contribution in [-0.4, -0.2) is 29.3 Å². The Morgan fingerprint density at radius 3 is 2.42 bits per heavy atom. The fraction of sp³-hybridized carbons (Fsp3) is 0.0385. The lowest BCUT2D eigenvalue weighted by molar-refractivity contribution is 0.102. The first-order valence-electron chi connectivity index (χ1n) is 10.9. The van der Waals surface area contributed by atoms with Crippen molar-refractivity contribution in [3.8, 4) is 21.7 Å². The molecule has 0 radical (unpaired) electrons. The first-order valence-corrected chi connectivity index (χ1v) is 13.5. The molecule has 0 atom stereocenters. The SMILES string of the molecule is Nc1ccc(-c2cccs2)cc1NC(=O)c1ccc(-c2cn(CS(=O)(=O)c3ccccc3)nn2)cc1. The number of thiophene rings is 1. The third kappa shape index (κ3) is 5.04. The van der Waals surface area contributed by atoms with Crippen molar-refractivity contribution < 1.29 is 13.2 Å². The van der Waals surface area contributed by atoms with Gasteiger partial charge in [0.15, 0.2) is 9.84 Å². The van der Waals surface area contributed by atoms with Crippen LogP contribution in [0, 0.1) is 0 Å². The summed E-state index contributed by atoms with van der Waals surface area (Å²) in [6, 6.07) is 24.5. The summed E-state index contributed by atoms with van der Waals surface area (Å²) in [5, 5.41) is 12.9. The molecule has 5 rings (SSSR count). The first kappa shape index (κ1) is 23.5. The number of nitrogen functional groups attached to an aromatic ring is 1. The molecule has 180 valence electrons. The second-order valence-corrected chi connectivity index (χ2v) is 10.9. The van der Waals surface area contributed by atoms with Gasteiger partial charge < -0.3 is 11.1 Å². The van der Waals surface area contributed by atoms with Crippen LogP contribution in [0.2, 0.25) is 0 Å². The van der Waals surface area contributed by atoms with E-state index in [0.717, 1.165) is 10.4 Å². The van der Waals surface area contributed by atoms with Crippen molar-refractivity contribution in [2.75, 3.05) is 11.1 Å². The molecule has 0 aliphatic heterocycles. The van der Waals surface area contributed by atoms with Crippen LogP contribution < -0.4 is 11.1 Å². The molecule has 0 fully saturated rings. The van der Waals surface area contributed by atoms with Crippen molar-refractivity contribution in [1.29, 1.82) is 0 Å². The Kier molecular flexibility index (Phi) is 6.36. The molecule has 1 amide bonds. The summed E-state index contributed by atoms with van der Waals surface area (Å²) >= 11 is 1.61. The topological polar surface area (TPSA) is 120 Å². The van der Waals surface area contributed by atoms with Crippen molar-refractivity contribution >= 4 is 38.5 Å². The molecular formula is C26H21N5O3S2. The molecular weight excluding hydrogens is 494 g/mol. The molecule has 3 N–H and O–H groups in total. The number of carbonyl (C=O) groups is 1. The lowest BCUT2D eigenvalue weighted by Gasteiger charge is -2.10. The zero-order chi connectivity index (χ0) is 25.1. The molecule has 0 aliphatic carbocycles. The molecule has 0 saturated carbocycles. The van der Waals surface area contributed by atoms with Crippen molar-refractivity contribution in [2.45, 2.75) is 10.8 Å². The molecule has 0 saturated heterocycles. The standard InChI is InChI=1S/C26H21N5O3S2/c27-22-13-12-20(25-7-4-14-35-25)15-23(22)28-26(32)19-10-8-18(9-11-19)24-16-31(30-29-24)17-36(33,34)21-5-2-1-3-6-21/h1-16H,17,27H2,(H,28,32). The van der Waals surface area contributed by atoms with Gasteiger partial charge in [0.1, 0.15) is 11.6 Å². The molecule has 8 nitrogen and oxygen atoms in total. The van der Waals surface area contributed by atoms with Gasteiger partial charge in [-0.15, -0.1) is 16.4 Å². The number of hydrogen-bond donors (Lipinski definition) is 2. The van der Waals surface area contributed by atoms with E-state index in [0.29, 0.717) is 28.2 Å². The molecule has 0 bridgehead atoms. The Hall–Kier alpha value is -4.28. The largest absolute Gasteiger partial charge is 0.397 e. The van der Waals surface area contributed by atoms with Gasteiger partial charge in [-0.05, 0) is 53.4 Å². The Morgan fingerprint density at radius 1 is 0.944 bits per heavy atom. The Balaban J connectivity index is 1.29. The second-order valence-electron chi connectivity index (χ2n) is 8.01. The molecule has 2 aromatic heterocycles. The first-order chi connectivity index (χ1) is 17.4. The average Bonchev–Trinajstić information content (AvgIpc) is 3.59. The number of amides is 1. The minimum absolute atomic E-state index is 0.221. The van der Waals surface area contributed by atoms with Gasteiger partial charge in [0, 0.05) is 16.0 Å². The van der Waals surface area contributed by atoms with Crippen LogP contribution in [0.3, 0.4) is 0 Å². The van der Waals surface area contributed by atoms with Crippen LogP contribution in [0.4, 0.5) is 11.4 Å². The minimum Gasteiger partial charge on any atom is -0.397 e. The number of nitrogens with two attached hydrogens (primary N) is 1. The van der Waals surface area contributed by atoms with Crippen molar-refractivity contribution in [2.24, 2.45) is 0 Å². The summed E-state index contributed by atoms with van der Waals surface area (Å²) in [6.07, 6.45) is 1.56. The van der Waals surface area contributed by atoms with Gasteiger partial charge in [0.2, 0.25) is 0 Å². The number of sulfone groups is 1. The second kappa shape index (κ2) is 9.76. The van der Waals surface area contributed by atoms with Crippen LogP contribution >= 0.6 is 11.3 Å². The molecule has 0 aliphatic rings. The van der Waals surface area contributed by atoms with E-state index in [9.17, 15) is 13.2 Å². The predicted octanol–water partition coefficient (Wildman–Crippen LogP) is 4.94. The van der Waals surface area contributed by atoms with Gasteiger partial charge in [0.25, 0.3) is 5.91 Å². The molecule has 36 heavy (non-hydrogen) atoms. The maximum atomic E-state index is 12.8. The number of rotatable bonds is 7. The Morgan fingerprint density at radius 2 is 1.69 bits per heavy atom. The maximum Gasteiger partial charge on any atom is 0.255 e. The highest BCUT2D eigenvalue weighted by atomic mass is 32.2. The quantitative estimate of drug-likeness (QED) is 0.296. The molecule has 3 aromatic carbocycles. The monoisotopic (exact) mass is 515 g/mol. The lowest BCUT2D eigenvalue weighted by Crippen LogP contribution is -2.13. The summed E-state index contributed by atoms with van der Waals surface area (Å²) < 4.78 is 26.5. The molecule has 0 unspecified atom stereocenters. The molecule has 5 aromatic rings. The summed E-state index contributed by atoms with van der Waals surface area (Å²) in [5.41, 5.74) is 9.71. The third-order valence-corrected chi connectivity index (χ3v) is 8.01. The number of hydrogen-bond acceptors (Lipinski definition) is 7. The highest BCUT2D eigenvalue weighted by molar-refractivity contribution is 7.90. The molecule has 0 spiro atoms. The molecule has 10 heteroatoms. The van der Waals surface area contributed by atoms with Gasteiger partial charge in [0.05, 0.1) is 22.5 Å². The molecule has 2 heterocycles. The predicted molar refractivity (Wildman–Crippen MR) is 141 cm³/mol. The van der Waals surface area contributed by atoms with Crippen LogP contribution in [0.1, 0.15) is 10.4 Å². The van der Waals surface area contributed by atoms with E-state index >= 15 is 0 Å². The number of carbonyl (C=O) groups excluding carboxylic acids is 1. The number of anilines is 2. The van der Waals surface area contributed by atoms with Crippen molar-refractivity contribution in [3.05, 3.63) is 102 Å². The van der Waals surface area contributed by atoms with Gasteiger partial charge in [-0.3, -0.25) is 4.79 Å². The van der Waals surface area contributed by atoms with Gasteiger partial charge >= 0.3 is 0 Å². The van der Waals surface area contributed by atoms with Crippen LogP contribution in [0.15, 0.2) is 101 Å². The summed E-state index contributed by atoms with van der Waals surface area (Å²) in [6.45, 7) is 0. The summed E-state index contributed by atoms with van der Waals surface area (Å²) in [5.74, 6) is -0.620. The van der Waals surface area contributed by atoms with E-state index in [1.54, 1.807) is 78.2 Å². The number of nitrogens with zero attached hydrogens (tertiary/aromatic N) is 3. The minimum atomic E-state index is -3.55. The maximum absolute atomic E-state index is 12.8. The van der Waals surface area contributed by atoms with Crippen LogP contribution in [-0.2, 0) is 15.7 Å². The van der Waals surface area contributed by atoms with Crippen LogP contribution in [0.25, 0.3) is 21.7 Å². The van der Waals surface area contributed by atoms with E-state index in [-0.39, 0.29) is 16.7 Å². The normalized spacial score (nSPS) is 11.3. The van der Waals surface area contributed by atoms with Crippen molar-refractivity contribution in [3.63, 3.8) is 0 Å². The van der Waals surface area contributed by atoms with E-state index < -0.39 is 9.84 Å². The zero-order valence-corrected chi connectivity index (χ0v) is 20.5. The number of benzene rings is 3. The Labute approximate surface area is 212 Å². The van der Waals surface area contributed by atoms with E-state index in [1.807, 2.05) is 29.6 Å². The van der Waals surface area contributed by atoms with Crippen molar-refractivity contribution in [1.82, 2.24) is 15.0 Å². The lowest BCUT2D eigenvalue weighted by atomic mass is 10.1.